The second-order valence-electron chi connectivity index (χ2n) is 8.08. The normalized spacial score (nSPS) is 20.3. The molecule has 1 aromatic carbocycles. The Morgan fingerprint density at radius 3 is 2.73 bits per heavy atom. The molecule has 7 nitrogen and oxygen atoms in total. The Hall–Kier alpha value is -1.90. The fourth-order valence-electron chi connectivity index (χ4n) is 4.16. The fourth-order valence-corrected chi connectivity index (χ4v) is 5.63. The molecule has 2 aliphatic rings. The summed E-state index contributed by atoms with van der Waals surface area (Å²) in [5.41, 5.74) is 0.999. The van der Waals surface area contributed by atoms with Crippen molar-refractivity contribution in [2.24, 2.45) is 0 Å². The molecule has 0 atom stereocenters. The Labute approximate surface area is 178 Å². The van der Waals surface area contributed by atoms with Crippen LogP contribution in [0.15, 0.2) is 36.7 Å². The van der Waals surface area contributed by atoms with Gasteiger partial charge in [-0.1, -0.05) is 12.1 Å². The highest BCUT2D eigenvalue weighted by atomic mass is 32.2. The topological polar surface area (TPSA) is 73.7 Å². The lowest BCUT2D eigenvalue weighted by molar-refractivity contribution is 0.0368. The van der Waals surface area contributed by atoms with Crippen molar-refractivity contribution >= 4 is 9.84 Å². The summed E-state index contributed by atoms with van der Waals surface area (Å²) in [5, 5.41) is 0. The molecule has 2 aliphatic heterocycles. The largest absolute Gasteiger partial charge is 0.494 e. The first kappa shape index (κ1) is 21.3. The Kier molecular flexibility index (Phi) is 7.07. The zero-order valence-corrected chi connectivity index (χ0v) is 18.2. The van der Waals surface area contributed by atoms with E-state index in [1.165, 1.54) is 0 Å². The van der Waals surface area contributed by atoms with Gasteiger partial charge < -0.3 is 14.0 Å². The average Bonchev–Trinajstić information content (AvgIpc) is 3.24. The van der Waals surface area contributed by atoms with Gasteiger partial charge in [-0.3, -0.25) is 4.90 Å². The maximum absolute atomic E-state index is 11.8. The minimum absolute atomic E-state index is 0.177. The van der Waals surface area contributed by atoms with E-state index in [-0.39, 0.29) is 17.5 Å². The third kappa shape index (κ3) is 5.62. The van der Waals surface area contributed by atoms with Crippen LogP contribution in [-0.2, 0) is 14.6 Å². The highest BCUT2D eigenvalue weighted by Crippen LogP contribution is 2.30. The minimum Gasteiger partial charge on any atom is -0.494 e. The number of aromatic nitrogens is 2. The fraction of sp³-hybridized carbons (Fsp3) is 0.591. The Morgan fingerprint density at radius 1 is 1.13 bits per heavy atom. The van der Waals surface area contributed by atoms with E-state index in [2.05, 4.69) is 14.5 Å². The maximum Gasteiger partial charge on any atom is 0.150 e. The summed E-state index contributed by atoms with van der Waals surface area (Å²) in [4.78, 5) is 6.99. The van der Waals surface area contributed by atoms with Crippen molar-refractivity contribution in [3.05, 3.63) is 36.7 Å². The number of hydrogen-bond donors (Lipinski definition) is 0. The van der Waals surface area contributed by atoms with Crippen molar-refractivity contribution in [3.63, 3.8) is 0 Å². The van der Waals surface area contributed by atoms with Crippen LogP contribution in [0.1, 0.15) is 31.7 Å². The number of imidazole rings is 1. The predicted molar refractivity (Wildman–Crippen MR) is 117 cm³/mol. The molecule has 8 heteroatoms. The van der Waals surface area contributed by atoms with Crippen molar-refractivity contribution in [3.8, 4) is 17.1 Å². The van der Waals surface area contributed by atoms with Crippen LogP contribution in [-0.4, -0.2) is 73.8 Å². The van der Waals surface area contributed by atoms with Crippen molar-refractivity contribution in [2.45, 2.75) is 31.7 Å². The van der Waals surface area contributed by atoms with E-state index in [9.17, 15) is 8.42 Å². The molecule has 2 fully saturated rings. The first-order chi connectivity index (χ1) is 14.6. The van der Waals surface area contributed by atoms with Crippen molar-refractivity contribution in [2.75, 3.05) is 51.0 Å². The SMILES string of the molecule is O=S1(=O)CCC(n2ccnc2-c2cccc(OCCCCN3CCOCC3)c2)CC1. The number of unbranched alkanes of at least 4 members (excludes halogenated alkanes) is 1. The lowest BCUT2D eigenvalue weighted by Crippen LogP contribution is -2.36. The zero-order chi connectivity index (χ0) is 20.8. The first-order valence-electron chi connectivity index (χ1n) is 10.9. The van der Waals surface area contributed by atoms with Crippen LogP contribution in [0.3, 0.4) is 0 Å². The summed E-state index contributed by atoms with van der Waals surface area (Å²) in [6.07, 6.45) is 7.17. The standard InChI is InChI=1S/C22H31N3O4S/c26-30(27)16-6-20(7-17-30)25-10-8-23-22(25)19-4-3-5-21(18-19)29-13-2-1-9-24-11-14-28-15-12-24/h3-5,8,10,18,20H,1-2,6-7,9,11-17H2. The molecule has 164 valence electrons. The van der Waals surface area contributed by atoms with Gasteiger partial charge in [-0.25, -0.2) is 13.4 Å². The smallest absolute Gasteiger partial charge is 0.150 e. The van der Waals surface area contributed by atoms with Gasteiger partial charge in [0.25, 0.3) is 0 Å². The van der Waals surface area contributed by atoms with Crippen molar-refractivity contribution in [1.82, 2.24) is 14.5 Å². The summed E-state index contributed by atoms with van der Waals surface area (Å²) in [6.45, 7) is 5.54. The van der Waals surface area contributed by atoms with Crippen LogP contribution < -0.4 is 4.74 Å². The van der Waals surface area contributed by atoms with Gasteiger partial charge in [-0.2, -0.15) is 0 Å². The van der Waals surface area contributed by atoms with Crippen LogP contribution in [0.5, 0.6) is 5.75 Å². The summed E-state index contributed by atoms with van der Waals surface area (Å²) < 4.78 is 37.0. The molecule has 2 aromatic rings. The van der Waals surface area contributed by atoms with Gasteiger partial charge in [0, 0.05) is 37.1 Å². The second-order valence-corrected chi connectivity index (χ2v) is 10.4. The monoisotopic (exact) mass is 433 g/mol. The quantitative estimate of drug-likeness (QED) is 0.596. The molecule has 4 rings (SSSR count). The highest BCUT2D eigenvalue weighted by molar-refractivity contribution is 7.91. The number of sulfone groups is 1. The van der Waals surface area contributed by atoms with Gasteiger partial charge in [0.05, 0.1) is 31.3 Å². The predicted octanol–water partition coefficient (Wildman–Crippen LogP) is 2.79. The van der Waals surface area contributed by atoms with Crippen molar-refractivity contribution < 1.29 is 17.9 Å². The lowest BCUT2D eigenvalue weighted by atomic mass is 10.1. The molecule has 0 amide bonds. The number of nitrogens with zero attached hydrogens (tertiary/aromatic N) is 3. The summed E-state index contributed by atoms with van der Waals surface area (Å²) in [6, 6.07) is 8.20. The molecule has 0 saturated carbocycles. The zero-order valence-electron chi connectivity index (χ0n) is 17.4. The van der Waals surface area contributed by atoms with Gasteiger partial charge in [-0.05, 0) is 44.4 Å². The molecule has 30 heavy (non-hydrogen) atoms. The molecule has 1 aromatic heterocycles. The molecular weight excluding hydrogens is 402 g/mol. The van der Waals surface area contributed by atoms with E-state index < -0.39 is 9.84 Å². The summed E-state index contributed by atoms with van der Waals surface area (Å²) >= 11 is 0. The maximum atomic E-state index is 11.8. The van der Waals surface area contributed by atoms with Crippen molar-refractivity contribution in [1.29, 1.82) is 0 Å². The van der Waals surface area contributed by atoms with Crippen LogP contribution in [0, 0.1) is 0 Å². The molecule has 3 heterocycles. The Morgan fingerprint density at radius 2 is 1.93 bits per heavy atom. The molecule has 0 radical (unpaired) electrons. The number of ether oxygens (including phenoxy) is 2. The molecule has 0 N–H and O–H groups in total. The lowest BCUT2D eigenvalue weighted by Gasteiger charge is -2.26. The third-order valence-electron chi connectivity index (χ3n) is 5.92. The molecule has 2 saturated heterocycles. The van der Waals surface area contributed by atoms with E-state index in [1.54, 1.807) is 6.20 Å². The van der Waals surface area contributed by atoms with E-state index in [4.69, 9.17) is 9.47 Å². The Bertz CT molecular complexity index is 908. The van der Waals surface area contributed by atoms with E-state index >= 15 is 0 Å². The molecule has 0 spiro atoms. The van der Waals surface area contributed by atoms with E-state index in [0.717, 1.165) is 62.8 Å². The van der Waals surface area contributed by atoms with Gasteiger partial charge in [0.2, 0.25) is 0 Å². The first-order valence-corrected chi connectivity index (χ1v) is 12.7. The molecular formula is C22H31N3O4S. The van der Waals surface area contributed by atoms with Gasteiger partial charge >= 0.3 is 0 Å². The number of hydrogen-bond acceptors (Lipinski definition) is 6. The third-order valence-corrected chi connectivity index (χ3v) is 7.63. The van der Waals surface area contributed by atoms with Crippen LogP contribution in [0.4, 0.5) is 0 Å². The summed E-state index contributed by atoms with van der Waals surface area (Å²) in [5.74, 6) is 2.22. The van der Waals surface area contributed by atoms with E-state index in [0.29, 0.717) is 19.4 Å². The van der Waals surface area contributed by atoms with Gasteiger partial charge in [0.1, 0.15) is 21.4 Å². The van der Waals surface area contributed by atoms with Gasteiger partial charge in [0.15, 0.2) is 0 Å². The number of morpholine rings is 1. The molecule has 0 unspecified atom stereocenters. The van der Waals surface area contributed by atoms with Crippen LogP contribution in [0.2, 0.25) is 0 Å². The second kappa shape index (κ2) is 9.94. The highest BCUT2D eigenvalue weighted by Gasteiger charge is 2.26. The minimum atomic E-state index is -2.88. The molecule has 0 aliphatic carbocycles. The summed E-state index contributed by atoms with van der Waals surface area (Å²) in [7, 11) is -2.88. The molecule has 0 bridgehead atoms. The van der Waals surface area contributed by atoms with Crippen LogP contribution >= 0.6 is 0 Å². The van der Waals surface area contributed by atoms with Crippen LogP contribution in [0.25, 0.3) is 11.4 Å². The van der Waals surface area contributed by atoms with Gasteiger partial charge in [-0.15, -0.1) is 0 Å². The Balaban J connectivity index is 1.31. The van der Waals surface area contributed by atoms with E-state index in [1.807, 2.05) is 30.5 Å². The number of benzene rings is 1. The number of rotatable bonds is 8. The average molecular weight is 434 g/mol.